The molecule has 1 N–H and O–H groups in total. The average molecular weight is 472 g/mol. The van der Waals surface area contributed by atoms with E-state index in [2.05, 4.69) is 5.32 Å². The summed E-state index contributed by atoms with van der Waals surface area (Å²) in [7, 11) is 0. The number of rotatable bonds is 5. The second kappa shape index (κ2) is 9.54. The fourth-order valence-electron chi connectivity index (χ4n) is 3.81. The van der Waals surface area contributed by atoms with Crippen molar-refractivity contribution >= 4 is 17.5 Å². The van der Waals surface area contributed by atoms with Crippen molar-refractivity contribution in [1.29, 1.82) is 0 Å². The van der Waals surface area contributed by atoms with E-state index in [9.17, 15) is 27.2 Å². The molecule has 1 atom stereocenters. The number of carbonyl (C=O) groups excluding carboxylic acids is 2. The van der Waals surface area contributed by atoms with Gasteiger partial charge >= 0.3 is 0 Å². The van der Waals surface area contributed by atoms with Crippen molar-refractivity contribution in [2.24, 2.45) is 0 Å². The minimum Gasteiger partial charge on any atom is -0.480 e. The summed E-state index contributed by atoms with van der Waals surface area (Å²) in [5, 5.41) is 2.45. The van der Waals surface area contributed by atoms with Gasteiger partial charge < -0.3 is 15.0 Å². The number of benzene rings is 3. The highest BCUT2D eigenvalue weighted by molar-refractivity contribution is 6.04. The Hall–Kier alpha value is -3.88. The van der Waals surface area contributed by atoms with E-state index in [0.29, 0.717) is 17.7 Å². The van der Waals surface area contributed by atoms with Gasteiger partial charge in [0, 0.05) is 30.4 Å². The zero-order valence-corrected chi connectivity index (χ0v) is 18.1. The Balaban J connectivity index is 1.62. The van der Waals surface area contributed by atoms with Crippen LogP contribution in [0, 0.1) is 23.3 Å². The Labute approximate surface area is 193 Å². The van der Waals surface area contributed by atoms with Crippen LogP contribution in [0.1, 0.15) is 34.8 Å². The number of hydrogen-bond acceptors (Lipinski definition) is 3. The van der Waals surface area contributed by atoms with E-state index in [4.69, 9.17) is 4.74 Å². The molecule has 0 spiro atoms. The lowest BCUT2D eigenvalue weighted by Crippen LogP contribution is -2.38. The van der Waals surface area contributed by atoms with Crippen LogP contribution in [0.2, 0.25) is 0 Å². The molecule has 9 heteroatoms. The monoisotopic (exact) mass is 472 g/mol. The Morgan fingerprint density at radius 2 is 1.71 bits per heavy atom. The molecule has 2 amide bonds. The second-order valence-electron chi connectivity index (χ2n) is 7.86. The molecule has 0 radical (unpaired) electrons. The minimum atomic E-state index is -1.000. The van der Waals surface area contributed by atoms with Crippen LogP contribution in [-0.4, -0.2) is 22.8 Å². The highest BCUT2D eigenvalue weighted by Crippen LogP contribution is 2.30. The van der Waals surface area contributed by atoms with Crippen LogP contribution in [0.3, 0.4) is 0 Å². The molecule has 176 valence electrons. The third-order valence-corrected chi connectivity index (χ3v) is 5.39. The molecule has 4 rings (SSSR count). The average Bonchev–Trinajstić information content (AvgIpc) is 2.89. The van der Waals surface area contributed by atoms with Crippen LogP contribution < -0.4 is 10.1 Å². The van der Waals surface area contributed by atoms with Gasteiger partial charge in [-0.25, -0.2) is 17.6 Å². The quantitative estimate of drug-likeness (QED) is 0.520. The van der Waals surface area contributed by atoms with Crippen molar-refractivity contribution < 1.29 is 31.9 Å². The van der Waals surface area contributed by atoms with Gasteiger partial charge in [-0.2, -0.15) is 0 Å². The predicted octanol–water partition coefficient (Wildman–Crippen LogP) is 5.20. The molecule has 3 aromatic carbocycles. The first-order valence-electron chi connectivity index (χ1n) is 10.5. The lowest BCUT2D eigenvalue weighted by molar-refractivity contribution is -0.139. The second-order valence-corrected chi connectivity index (χ2v) is 7.86. The van der Waals surface area contributed by atoms with Gasteiger partial charge in [-0.15, -0.1) is 0 Å². The van der Waals surface area contributed by atoms with Gasteiger partial charge in [-0.3, -0.25) is 9.59 Å². The molecule has 1 aliphatic rings. The number of halogens is 4. The highest BCUT2D eigenvalue weighted by Gasteiger charge is 2.30. The van der Waals surface area contributed by atoms with Crippen LogP contribution in [0.25, 0.3) is 0 Å². The molecular weight excluding hydrogens is 452 g/mol. The number of anilines is 1. The van der Waals surface area contributed by atoms with E-state index in [1.807, 2.05) is 0 Å². The van der Waals surface area contributed by atoms with Crippen LogP contribution >= 0.6 is 0 Å². The van der Waals surface area contributed by atoms with Crippen molar-refractivity contribution in [2.45, 2.75) is 32.5 Å². The predicted molar refractivity (Wildman–Crippen MR) is 116 cm³/mol. The van der Waals surface area contributed by atoms with E-state index < -0.39 is 40.8 Å². The van der Waals surface area contributed by atoms with Crippen LogP contribution in [0.4, 0.5) is 23.2 Å². The lowest BCUT2D eigenvalue weighted by atomic mass is 10.1. The molecule has 0 saturated heterocycles. The number of nitrogens with one attached hydrogen (secondary N) is 1. The zero-order valence-electron chi connectivity index (χ0n) is 18.1. The first-order chi connectivity index (χ1) is 16.2. The topological polar surface area (TPSA) is 58.6 Å². The van der Waals surface area contributed by atoms with Gasteiger partial charge in [-0.05, 0) is 54.4 Å². The summed E-state index contributed by atoms with van der Waals surface area (Å²) in [5.74, 6) is -4.45. The van der Waals surface area contributed by atoms with Gasteiger partial charge in [0.15, 0.2) is 6.10 Å². The highest BCUT2D eigenvalue weighted by atomic mass is 19.1. The molecule has 0 aromatic heterocycles. The van der Waals surface area contributed by atoms with E-state index in [1.54, 1.807) is 13.0 Å². The van der Waals surface area contributed by atoms with E-state index in [0.717, 1.165) is 36.4 Å². The molecule has 0 aliphatic carbocycles. The molecule has 34 heavy (non-hydrogen) atoms. The smallest absolute Gasteiger partial charge is 0.264 e. The molecule has 3 aromatic rings. The standard InChI is InChI=1S/C25H20F4N2O3/c1-2-21-25(33)31(12-14-8-16(26)11-17(27)9-14)13-15-10-18(6-7-22(15)34-21)30-24(32)23-19(28)4-3-5-20(23)29/h3-11,21H,2,12-13H2,1H3,(H,30,32)/t21-/m1/s1. The summed E-state index contributed by atoms with van der Waals surface area (Å²) in [5.41, 5.74) is 0.287. The molecule has 0 bridgehead atoms. The summed E-state index contributed by atoms with van der Waals surface area (Å²) in [6.07, 6.45) is -0.454. The molecule has 1 heterocycles. The number of ether oxygens (including phenoxy) is 1. The van der Waals surface area contributed by atoms with E-state index in [1.165, 1.54) is 17.0 Å². The van der Waals surface area contributed by atoms with Gasteiger partial charge in [-0.1, -0.05) is 13.0 Å². The molecule has 0 unspecified atom stereocenters. The Bertz CT molecular complexity index is 1220. The molecule has 1 aliphatic heterocycles. The molecular formula is C25H20F4N2O3. The maximum atomic E-state index is 14.0. The van der Waals surface area contributed by atoms with Gasteiger partial charge in [0.25, 0.3) is 11.8 Å². The first-order valence-corrected chi connectivity index (χ1v) is 10.5. The van der Waals surface area contributed by atoms with Crippen molar-refractivity contribution in [2.75, 3.05) is 5.32 Å². The van der Waals surface area contributed by atoms with Gasteiger partial charge in [0.1, 0.15) is 34.6 Å². The summed E-state index contributed by atoms with van der Waals surface area (Å²) in [6.45, 7) is 1.73. The van der Waals surface area contributed by atoms with Crippen molar-refractivity contribution in [1.82, 2.24) is 4.90 Å². The van der Waals surface area contributed by atoms with Crippen molar-refractivity contribution in [3.63, 3.8) is 0 Å². The molecule has 0 saturated carbocycles. The Morgan fingerprint density at radius 1 is 1.03 bits per heavy atom. The van der Waals surface area contributed by atoms with Crippen LogP contribution in [0.15, 0.2) is 54.6 Å². The third kappa shape index (κ3) is 4.88. The molecule has 0 fully saturated rings. The first kappa shape index (κ1) is 23.3. The number of fused-ring (bicyclic) bond motifs is 1. The normalized spacial score (nSPS) is 15.4. The van der Waals surface area contributed by atoms with Gasteiger partial charge in [0.2, 0.25) is 0 Å². The number of nitrogens with zero attached hydrogens (tertiary/aromatic N) is 1. The summed E-state index contributed by atoms with van der Waals surface area (Å²) < 4.78 is 61.1. The number of hydrogen-bond donors (Lipinski definition) is 1. The minimum absolute atomic E-state index is 0.0283. The number of carbonyl (C=O) groups is 2. The van der Waals surface area contributed by atoms with Crippen LogP contribution in [0.5, 0.6) is 5.75 Å². The maximum Gasteiger partial charge on any atom is 0.264 e. The Morgan fingerprint density at radius 3 is 2.35 bits per heavy atom. The lowest BCUT2D eigenvalue weighted by Gasteiger charge is -2.23. The summed E-state index contributed by atoms with van der Waals surface area (Å²) >= 11 is 0. The zero-order chi connectivity index (χ0) is 24.4. The molecule has 5 nitrogen and oxygen atoms in total. The fourth-order valence-corrected chi connectivity index (χ4v) is 3.81. The summed E-state index contributed by atoms with van der Waals surface area (Å²) in [6, 6.07) is 10.7. The fraction of sp³-hybridized carbons (Fsp3) is 0.200. The Kier molecular flexibility index (Phi) is 6.54. The number of amides is 2. The van der Waals surface area contributed by atoms with E-state index >= 15 is 0 Å². The van der Waals surface area contributed by atoms with Crippen molar-refractivity contribution in [3.8, 4) is 5.75 Å². The summed E-state index contributed by atoms with van der Waals surface area (Å²) in [4.78, 5) is 26.9. The van der Waals surface area contributed by atoms with E-state index in [-0.39, 0.29) is 30.2 Å². The third-order valence-electron chi connectivity index (χ3n) is 5.39. The van der Waals surface area contributed by atoms with Crippen LogP contribution in [-0.2, 0) is 17.9 Å². The largest absolute Gasteiger partial charge is 0.480 e. The van der Waals surface area contributed by atoms with Crippen molar-refractivity contribution in [3.05, 3.63) is 94.6 Å². The maximum absolute atomic E-state index is 14.0. The SMILES string of the molecule is CC[C@H]1Oc2ccc(NC(=O)c3c(F)cccc3F)cc2CN(Cc2cc(F)cc(F)c2)C1=O. The van der Waals surface area contributed by atoms with Gasteiger partial charge in [0.05, 0.1) is 0 Å².